The maximum Gasteiger partial charge on any atom is 0.123 e. The third-order valence-electron chi connectivity index (χ3n) is 3.70. The van der Waals surface area contributed by atoms with Crippen LogP contribution in [0, 0.1) is 5.82 Å². The number of benzene rings is 2. The number of aromatic nitrogens is 1. The van der Waals surface area contributed by atoms with Gasteiger partial charge in [0.05, 0.1) is 5.69 Å². The number of nitrogens with zero attached hydrogens (tertiary/aromatic N) is 1. The van der Waals surface area contributed by atoms with Crippen molar-refractivity contribution in [1.29, 1.82) is 0 Å². The van der Waals surface area contributed by atoms with Crippen LogP contribution in [0.25, 0.3) is 16.9 Å². The van der Waals surface area contributed by atoms with Crippen molar-refractivity contribution in [3.63, 3.8) is 0 Å². The average molecular weight is 308 g/mol. The first-order valence-corrected chi connectivity index (χ1v) is 7.37. The van der Waals surface area contributed by atoms with Crippen LogP contribution in [0.2, 0.25) is 0 Å². The molecule has 0 spiro atoms. The van der Waals surface area contributed by atoms with Gasteiger partial charge in [0.15, 0.2) is 0 Å². The lowest BCUT2D eigenvalue weighted by molar-refractivity contribution is -0.305. The molecule has 0 aliphatic carbocycles. The molecule has 1 aromatic heterocycles. The lowest BCUT2D eigenvalue weighted by atomic mass is 10.1. The van der Waals surface area contributed by atoms with Crippen molar-refractivity contribution in [3.8, 4) is 16.9 Å². The summed E-state index contributed by atoms with van der Waals surface area (Å²) in [5.74, 6) is -1.39. The fourth-order valence-electron chi connectivity index (χ4n) is 2.63. The van der Waals surface area contributed by atoms with Crippen molar-refractivity contribution in [2.75, 3.05) is 0 Å². The van der Waals surface area contributed by atoms with Gasteiger partial charge in [0.1, 0.15) is 5.82 Å². The van der Waals surface area contributed by atoms with Crippen molar-refractivity contribution in [1.82, 2.24) is 4.57 Å². The lowest BCUT2D eigenvalue weighted by Crippen LogP contribution is -2.22. The summed E-state index contributed by atoms with van der Waals surface area (Å²) in [4.78, 5) is 10.8. The number of hydrogen-bond acceptors (Lipinski definition) is 2. The summed E-state index contributed by atoms with van der Waals surface area (Å²) in [6.45, 7) is 0. The van der Waals surface area contributed by atoms with Crippen LogP contribution in [-0.2, 0) is 11.2 Å². The van der Waals surface area contributed by atoms with Gasteiger partial charge in [-0.1, -0.05) is 30.3 Å². The number of aryl methyl sites for hydroxylation is 1. The number of halogens is 1. The van der Waals surface area contributed by atoms with Crippen LogP contribution in [0.1, 0.15) is 12.1 Å². The van der Waals surface area contributed by atoms with E-state index in [4.69, 9.17) is 0 Å². The van der Waals surface area contributed by atoms with Crippen molar-refractivity contribution in [2.24, 2.45) is 0 Å². The van der Waals surface area contributed by atoms with Gasteiger partial charge in [-0.15, -0.1) is 0 Å². The maximum atomic E-state index is 13.2. The summed E-state index contributed by atoms with van der Waals surface area (Å²) in [6, 6.07) is 19.8. The number of carboxylic acids is 1. The van der Waals surface area contributed by atoms with Crippen LogP contribution < -0.4 is 5.11 Å². The Morgan fingerprint density at radius 1 is 0.957 bits per heavy atom. The predicted octanol–water partition coefficient (Wildman–Crippen LogP) is 2.97. The molecule has 0 saturated heterocycles. The zero-order valence-electron chi connectivity index (χ0n) is 12.4. The van der Waals surface area contributed by atoms with E-state index < -0.39 is 5.97 Å². The van der Waals surface area contributed by atoms with E-state index in [-0.39, 0.29) is 12.2 Å². The second-order valence-electron chi connectivity index (χ2n) is 5.26. The largest absolute Gasteiger partial charge is 0.550 e. The molecule has 0 N–H and O–H groups in total. The fourth-order valence-corrected chi connectivity index (χ4v) is 2.63. The van der Waals surface area contributed by atoms with Crippen LogP contribution in [0.15, 0.2) is 66.7 Å². The van der Waals surface area contributed by atoms with Gasteiger partial charge in [-0.2, -0.15) is 0 Å². The Hall–Kier alpha value is -2.88. The Labute approximate surface area is 133 Å². The predicted molar refractivity (Wildman–Crippen MR) is 84.5 cm³/mol. The van der Waals surface area contributed by atoms with E-state index in [2.05, 4.69) is 0 Å². The summed E-state index contributed by atoms with van der Waals surface area (Å²) < 4.78 is 15.2. The summed E-state index contributed by atoms with van der Waals surface area (Å²) >= 11 is 0. The summed E-state index contributed by atoms with van der Waals surface area (Å²) in [5.41, 5.74) is 3.59. The van der Waals surface area contributed by atoms with Gasteiger partial charge in [-0.3, -0.25) is 0 Å². The topological polar surface area (TPSA) is 45.1 Å². The second-order valence-corrected chi connectivity index (χ2v) is 5.26. The van der Waals surface area contributed by atoms with E-state index in [0.717, 1.165) is 22.6 Å². The quantitative estimate of drug-likeness (QED) is 0.727. The molecule has 2 aromatic carbocycles. The molecule has 3 aromatic rings. The average Bonchev–Trinajstić information content (AvgIpc) is 2.98. The van der Waals surface area contributed by atoms with Gasteiger partial charge >= 0.3 is 0 Å². The zero-order chi connectivity index (χ0) is 16.2. The van der Waals surface area contributed by atoms with Gasteiger partial charge in [0, 0.05) is 17.4 Å². The van der Waals surface area contributed by atoms with Gasteiger partial charge in [0.2, 0.25) is 0 Å². The van der Waals surface area contributed by atoms with Crippen LogP contribution in [0.4, 0.5) is 4.39 Å². The SMILES string of the molecule is O=C([O-])CCc1ccc(-c2ccccc2)n1-c1ccc(F)cc1. The molecule has 0 fully saturated rings. The molecule has 0 bridgehead atoms. The van der Waals surface area contributed by atoms with E-state index >= 15 is 0 Å². The number of carboxylic acid groups (broad SMARTS) is 1. The summed E-state index contributed by atoms with van der Waals surface area (Å²) in [6.07, 6.45) is 0.298. The molecule has 0 amide bonds. The highest BCUT2D eigenvalue weighted by Gasteiger charge is 2.12. The van der Waals surface area contributed by atoms with E-state index in [0.29, 0.717) is 6.42 Å². The normalized spacial score (nSPS) is 10.7. The number of rotatable bonds is 5. The Morgan fingerprint density at radius 3 is 2.30 bits per heavy atom. The summed E-state index contributed by atoms with van der Waals surface area (Å²) in [5, 5.41) is 10.8. The Balaban J connectivity index is 2.10. The van der Waals surface area contributed by atoms with Gasteiger partial charge in [-0.25, -0.2) is 4.39 Å². The molecule has 4 heteroatoms. The highest BCUT2D eigenvalue weighted by Crippen LogP contribution is 2.27. The number of aliphatic carboxylic acids is 1. The zero-order valence-corrected chi connectivity index (χ0v) is 12.4. The Bertz CT molecular complexity index is 807. The minimum atomic E-state index is -1.09. The van der Waals surface area contributed by atoms with Crippen LogP contribution in [0.5, 0.6) is 0 Å². The first-order valence-electron chi connectivity index (χ1n) is 7.37. The first kappa shape index (κ1) is 15.0. The summed E-state index contributed by atoms with van der Waals surface area (Å²) in [7, 11) is 0. The molecule has 0 aliphatic heterocycles. The molecule has 0 atom stereocenters. The molecule has 0 unspecified atom stereocenters. The van der Waals surface area contributed by atoms with E-state index in [9.17, 15) is 14.3 Å². The van der Waals surface area contributed by atoms with Crippen LogP contribution in [0.3, 0.4) is 0 Å². The minimum absolute atomic E-state index is 0.0561. The highest BCUT2D eigenvalue weighted by molar-refractivity contribution is 5.66. The van der Waals surface area contributed by atoms with Crippen molar-refractivity contribution < 1.29 is 14.3 Å². The van der Waals surface area contributed by atoms with Gasteiger partial charge < -0.3 is 14.5 Å². The molecule has 0 radical (unpaired) electrons. The van der Waals surface area contributed by atoms with Crippen molar-refractivity contribution in [2.45, 2.75) is 12.8 Å². The number of hydrogen-bond donors (Lipinski definition) is 0. The monoisotopic (exact) mass is 308 g/mol. The molecule has 3 nitrogen and oxygen atoms in total. The van der Waals surface area contributed by atoms with Gasteiger partial charge in [-0.05, 0) is 54.8 Å². The third-order valence-corrected chi connectivity index (χ3v) is 3.70. The third kappa shape index (κ3) is 3.31. The first-order chi connectivity index (χ1) is 11.1. The minimum Gasteiger partial charge on any atom is -0.550 e. The van der Waals surface area contributed by atoms with Crippen molar-refractivity contribution >= 4 is 5.97 Å². The second kappa shape index (κ2) is 6.48. The smallest absolute Gasteiger partial charge is 0.123 e. The van der Waals surface area contributed by atoms with E-state index in [1.807, 2.05) is 47.0 Å². The van der Waals surface area contributed by atoms with Crippen molar-refractivity contribution in [3.05, 3.63) is 78.2 Å². The number of carbonyl (C=O) groups excluding carboxylic acids is 1. The molecule has 116 valence electrons. The fraction of sp³-hybridized carbons (Fsp3) is 0.105. The lowest BCUT2D eigenvalue weighted by Gasteiger charge is -2.14. The molecule has 3 rings (SSSR count). The molecule has 0 saturated carbocycles. The van der Waals surface area contributed by atoms with Crippen LogP contribution >= 0.6 is 0 Å². The highest BCUT2D eigenvalue weighted by atomic mass is 19.1. The molecule has 1 heterocycles. The van der Waals surface area contributed by atoms with Crippen LogP contribution in [-0.4, -0.2) is 10.5 Å². The Morgan fingerprint density at radius 2 is 1.65 bits per heavy atom. The molecular formula is C19H15FNO2-. The maximum absolute atomic E-state index is 13.2. The molecular weight excluding hydrogens is 293 g/mol. The van der Waals surface area contributed by atoms with E-state index in [1.165, 1.54) is 12.1 Å². The standard InChI is InChI=1S/C19H16FNO2/c20-15-6-8-16(9-7-15)21-17(11-13-19(22)23)10-12-18(21)14-4-2-1-3-5-14/h1-10,12H,11,13H2,(H,22,23)/p-1. The molecule has 0 aliphatic rings. The molecule has 23 heavy (non-hydrogen) atoms. The number of carbonyl (C=O) groups is 1. The Kier molecular flexibility index (Phi) is 4.24. The van der Waals surface area contributed by atoms with E-state index in [1.54, 1.807) is 12.1 Å². The van der Waals surface area contributed by atoms with Gasteiger partial charge in [0.25, 0.3) is 0 Å².